The van der Waals surface area contributed by atoms with Crippen LogP contribution >= 0.6 is 11.3 Å². The number of thiazole rings is 1. The molecule has 1 unspecified atom stereocenters. The van der Waals surface area contributed by atoms with Crippen LogP contribution in [0.1, 0.15) is 23.7 Å². The van der Waals surface area contributed by atoms with Crippen molar-refractivity contribution in [3.8, 4) is 0 Å². The van der Waals surface area contributed by atoms with Crippen molar-refractivity contribution in [2.45, 2.75) is 19.9 Å². The first-order chi connectivity index (χ1) is 7.20. The number of aromatic nitrogens is 1. The van der Waals surface area contributed by atoms with E-state index in [1.165, 1.54) is 11.3 Å². The molecule has 1 aliphatic rings. The Bertz CT molecular complexity index is 412. The molecule has 2 rings (SSSR count). The van der Waals surface area contributed by atoms with Gasteiger partial charge in [-0.3, -0.25) is 15.1 Å². The van der Waals surface area contributed by atoms with Crippen LogP contribution in [0.3, 0.4) is 0 Å². The van der Waals surface area contributed by atoms with Gasteiger partial charge in [0.05, 0.1) is 10.7 Å². The quantitative estimate of drug-likeness (QED) is 0.772. The van der Waals surface area contributed by atoms with Gasteiger partial charge in [0.1, 0.15) is 0 Å². The first-order valence-corrected chi connectivity index (χ1v) is 5.62. The average molecular weight is 224 g/mol. The van der Waals surface area contributed by atoms with Gasteiger partial charge in [-0.05, 0) is 13.8 Å². The average Bonchev–Trinajstić information content (AvgIpc) is 2.73. The van der Waals surface area contributed by atoms with Crippen molar-refractivity contribution >= 4 is 23.2 Å². The summed E-state index contributed by atoms with van der Waals surface area (Å²) in [6.45, 7) is 4.48. The van der Waals surface area contributed by atoms with Crippen molar-refractivity contribution in [3.63, 3.8) is 0 Å². The molecule has 1 saturated heterocycles. The van der Waals surface area contributed by atoms with Crippen LogP contribution < -0.4 is 10.6 Å². The van der Waals surface area contributed by atoms with E-state index in [2.05, 4.69) is 20.6 Å². The number of amides is 1. The predicted octanol–water partition coefficient (Wildman–Crippen LogP) is 0.588. The van der Waals surface area contributed by atoms with Crippen molar-refractivity contribution < 1.29 is 4.79 Å². The highest BCUT2D eigenvalue weighted by Crippen LogP contribution is 2.18. The summed E-state index contributed by atoms with van der Waals surface area (Å²) >= 11 is 1.54. The Labute approximate surface area is 91.6 Å². The summed E-state index contributed by atoms with van der Waals surface area (Å²) in [4.78, 5) is 20.0. The Morgan fingerprint density at radius 3 is 3.07 bits per heavy atom. The van der Waals surface area contributed by atoms with Crippen molar-refractivity contribution in [2.24, 2.45) is 4.99 Å². The maximum Gasteiger partial charge on any atom is 0.255 e. The van der Waals surface area contributed by atoms with E-state index in [9.17, 15) is 4.79 Å². The third kappa shape index (κ3) is 1.99. The van der Waals surface area contributed by atoms with E-state index < -0.39 is 0 Å². The van der Waals surface area contributed by atoms with Gasteiger partial charge in [-0.2, -0.15) is 0 Å². The number of nitrogens with zero attached hydrogens (tertiary/aromatic N) is 2. The molecule has 80 valence electrons. The number of rotatable bonds is 2. The van der Waals surface area contributed by atoms with Gasteiger partial charge in [0.15, 0.2) is 12.0 Å². The number of guanidine groups is 1. The third-order valence-electron chi connectivity index (χ3n) is 2.03. The van der Waals surface area contributed by atoms with Gasteiger partial charge >= 0.3 is 0 Å². The first kappa shape index (κ1) is 10.1. The molecule has 0 saturated carbocycles. The molecule has 1 aliphatic heterocycles. The molecule has 6 heteroatoms. The molecule has 0 bridgehead atoms. The molecule has 1 amide bonds. The van der Waals surface area contributed by atoms with Crippen LogP contribution in [-0.4, -0.2) is 23.4 Å². The SMILES string of the molecule is CCN=C1NC(=O)C(c2csc(C)n2)N1. The Morgan fingerprint density at radius 2 is 2.47 bits per heavy atom. The maximum atomic E-state index is 11.6. The fourth-order valence-electron chi connectivity index (χ4n) is 1.39. The summed E-state index contributed by atoms with van der Waals surface area (Å²) in [5.74, 6) is 0.450. The van der Waals surface area contributed by atoms with E-state index in [-0.39, 0.29) is 11.9 Å². The summed E-state index contributed by atoms with van der Waals surface area (Å²) in [5, 5.41) is 8.53. The lowest BCUT2D eigenvalue weighted by atomic mass is 10.2. The van der Waals surface area contributed by atoms with Gasteiger partial charge in [0, 0.05) is 11.9 Å². The molecular weight excluding hydrogens is 212 g/mol. The van der Waals surface area contributed by atoms with Crippen molar-refractivity contribution in [1.82, 2.24) is 15.6 Å². The molecule has 1 aromatic rings. The number of aryl methyl sites for hydroxylation is 1. The lowest BCUT2D eigenvalue weighted by Crippen LogP contribution is -2.25. The van der Waals surface area contributed by atoms with E-state index in [0.29, 0.717) is 12.5 Å². The Balaban J connectivity index is 2.18. The Hall–Kier alpha value is -1.43. The molecule has 0 spiro atoms. The number of carbonyl (C=O) groups excluding carboxylic acids is 1. The molecule has 1 fully saturated rings. The zero-order chi connectivity index (χ0) is 10.8. The van der Waals surface area contributed by atoms with Gasteiger partial charge in [0.2, 0.25) is 0 Å². The minimum Gasteiger partial charge on any atom is -0.339 e. The molecule has 2 N–H and O–H groups in total. The summed E-state index contributed by atoms with van der Waals surface area (Å²) in [6.07, 6.45) is 0. The van der Waals surface area contributed by atoms with Crippen LogP contribution in [0.4, 0.5) is 0 Å². The van der Waals surface area contributed by atoms with Crippen LogP contribution in [0.5, 0.6) is 0 Å². The monoisotopic (exact) mass is 224 g/mol. The van der Waals surface area contributed by atoms with Crippen molar-refractivity contribution in [1.29, 1.82) is 0 Å². The lowest BCUT2D eigenvalue weighted by molar-refractivity contribution is -0.120. The predicted molar refractivity (Wildman–Crippen MR) is 58.8 cm³/mol. The number of aliphatic imine (C=N–C) groups is 1. The molecule has 15 heavy (non-hydrogen) atoms. The first-order valence-electron chi connectivity index (χ1n) is 4.74. The van der Waals surface area contributed by atoms with Crippen LogP contribution in [0, 0.1) is 6.92 Å². The highest BCUT2D eigenvalue weighted by Gasteiger charge is 2.31. The largest absolute Gasteiger partial charge is 0.339 e. The number of hydrogen-bond donors (Lipinski definition) is 2. The number of carbonyl (C=O) groups is 1. The highest BCUT2D eigenvalue weighted by atomic mass is 32.1. The summed E-state index contributed by atoms with van der Waals surface area (Å²) < 4.78 is 0. The van der Waals surface area contributed by atoms with Gasteiger partial charge in [-0.15, -0.1) is 11.3 Å². The van der Waals surface area contributed by atoms with Gasteiger partial charge in [-0.25, -0.2) is 4.98 Å². The smallest absolute Gasteiger partial charge is 0.255 e. The fourth-order valence-corrected chi connectivity index (χ4v) is 2.03. The molecule has 0 aliphatic carbocycles. The van der Waals surface area contributed by atoms with Crippen molar-refractivity contribution in [3.05, 3.63) is 16.1 Å². The van der Waals surface area contributed by atoms with E-state index >= 15 is 0 Å². The highest BCUT2D eigenvalue weighted by molar-refractivity contribution is 7.09. The summed E-state index contributed by atoms with van der Waals surface area (Å²) in [6, 6.07) is -0.389. The zero-order valence-corrected chi connectivity index (χ0v) is 9.39. The second-order valence-electron chi connectivity index (χ2n) is 3.18. The number of nitrogens with one attached hydrogen (secondary N) is 2. The van der Waals surface area contributed by atoms with Gasteiger partial charge in [-0.1, -0.05) is 0 Å². The van der Waals surface area contributed by atoms with Crippen LogP contribution in [-0.2, 0) is 4.79 Å². The van der Waals surface area contributed by atoms with E-state index in [4.69, 9.17) is 0 Å². The van der Waals surface area contributed by atoms with Crippen LogP contribution in [0.2, 0.25) is 0 Å². The fraction of sp³-hybridized carbons (Fsp3) is 0.444. The normalized spacial score (nSPS) is 22.9. The van der Waals surface area contributed by atoms with Crippen LogP contribution in [0.15, 0.2) is 10.4 Å². The Morgan fingerprint density at radius 1 is 1.67 bits per heavy atom. The molecule has 5 nitrogen and oxygen atoms in total. The zero-order valence-electron chi connectivity index (χ0n) is 8.57. The minimum atomic E-state index is -0.389. The van der Waals surface area contributed by atoms with Crippen LogP contribution in [0.25, 0.3) is 0 Å². The number of hydrogen-bond acceptors (Lipinski definition) is 4. The minimum absolute atomic E-state index is 0.0903. The molecule has 1 atom stereocenters. The summed E-state index contributed by atoms with van der Waals surface area (Å²) in [5.41, 5.74) is 0.760. The molecule has 0 aromatic carbocycles. The van der Waals surface area contributed by atoms with E-state index in [0.717, 1.165) is 10.7 Å². The Kier molecular flexibility index (Phi) is 2.68. The summed E-state index contributed by atoms with van der Waals surface area (Å²) in [7, 11) is 0. The lowest BCUT2D eigenvalue weighted by Gasteiger charge is -2.02. The van der Waals surface area contributed by atoms with Gasteiger partial charge < -0.3 is 5.32 Å². The molecule has 2 heterocycles. The topological polar surface area (TPSA) is 66.4 Å². The maximum absolute atomic E-state index is 11.6. The molecular formula is C9H12N4OS. The molecule has 0 radical (unpaired) electrons. The van der Waals surface area contributed by atoms with Gasteiger partial charge in [0.25, 0.3) is 5.91 Å². The second kappa shape index (κ2) is 3.98. The second-order valence-corrected chi connectivity index (χ2v) is 4.24. The third-order valence-corrected chi connectivity index (χ3v) is 2.83. The van der Waals surface area contributed by atoms with E-state index in [1.54, 1.807) is 0 Å². The molecule has 1 aromatic heterocycles. The van der Waals surface area contributed by atoms with E-state index in [1.807, 2.05) is 19.2 Å². The standard InChI is InChI=1S/C9H12N4OS/c1-3-10-9-12-7(8(14)13-9)6-4-15-5(2)11-6/h4,7H,3H2,1-2H3,(H2,10,12,13,14). The van der Waals surface area contributed by atoms with Crippen molar-refractivity contribution in [2.75, 3.05) is 6.54 Å².